The predicted octanol–water partition coefficient (Wildman–Crippen LogP) is 2.35. The van der Waals surface area contributed by atoms with E-state index in [0.717, 1.165) is 11.7 Å². The second-order valence-electron chi connectivity index (χ2n) is 3.13. The first-order valence-corrected chi connectivity index (χ1v) is 3.62. The van der Waals surface area contributed by atoms with Crippen LogP contribution in [0.2, 0.25) is 12.1 Å². The zero-order chi connectivity index (χ0) is 5.98. The Hall–Kier alpha value is 0.0649. The van der Waals surface area contributed by atoms with Crippen molar-refractivity contribution in [3.05, 3.63) is 0 Å². The largest absolute Gasteiger partial charge is 0.113 e. The van der Waals surface area contributed by atoms with Crippen LogP contribution in [-0.4, -0.2) is 7.28 Å². The SMILES string of the molecule is CC1[B]CC(C)CC1. The predicted molar refractivity (Wildman–Crippen MR) is 38.4 cm³/mol. The molecular formula is C7H14B. The average Bonchev–Trinajstić information content (AvgIpc) is 1.77. The van der Waals surface area contributed by atoms with Crippen molar-refractivity contribution in [1.82, 2.24) is 0 Å². The molecule has 0 aromatic rings. The minimum absolute atomic E-state index is 0.895. The molecule has 0 bridgehead atoms. The van der Waals surface area contributed by atoms with Crippen molar-refractivity contribution in [2.45, 2.75) is 38.8 Å². The van der Waals surface area contributed by atoms with Crippen LogP contribution in [0.4, 0.5) is 0 Å². The van der Waals surface area contributed by atoms with Gasteiger partial charge < -0.3 is 0 Å². The fraction of sp³-hybridized carbons (Fsp3) is 1.00. The maximum Gasteiger partial charge on any atom is 0.113 e. The van der Waals surface area contributed by atoms with Crippen molar-refractivity contribution in [3.8, 4) is 0 Å². The molecule has 0 nitrogen and oxygen atoms in total. The highest BCUT2D eigenvalue weighted by Crippen LogP contribution is 2.26. The lowest BCUT2D eigenvalue weighted by molar-refractivity contribution is 0.516. The Morgan fingerprint density at radius 2 is 2.00 bits per heavy atom. The van der Waals surface area contributed by atoms with E-state index in [0.29, 0.717) is 0 Å². The van der Waals surface area contributed by atoms with Gasteiger partial charge in [0.25, 0.3) is 0 Å². The van der Waals surface area contributed by atoms with Gasteiger partial charge in [-0.25, -0.2) is 0 Å². The van der Waals surface area contributed by atoms with E-state index in [-0.39, 0.29) is 0 Å². The van der Waals surface area contributed by atoms with Gasteiger partial charge in [-0.2, -0.15) is 0 Å². The zero-order valence-corrected chi connectivity index (χ0v) is 5.85. The van der Waals surface area contributed by atoms with Crippen LogP contribution in [0.5, 0.6) is 0 Å². The van der Waals surface area contributed by atoms with Crippen LogP contribution in [0, 0.1) is 5.92 Å². The van der Waals surface area contributed by atoms with Crippen molar-refractivity contribution >= 4 is 7.28 Å². The first kappa shape index (κ1) is 6.19. The molecule has 1 heteroatoms. The van der Waals surface area contributed by atoms with E-state index in [1.807, 2.05) is 0 Å². The summed E-state index contributed by atoms with van der Waals surface area (Å²) in [6.07, 6.45) is 4.21. The summed E-state index contributed by atoms with van der Waals surface area (Å²) in [5, 5.41) is 0. The van der Waals surface area contributed by atoms with Gasteiger partial charge in [0.2, 0.25) is 0 Å². The first-order valence-electron chi connectivity index (χ1n) is 3.62. The maximum absolute atomic E-state index is 2.45. The summed E-state index contributed by atoms with van der Waals surface area (Å²) < 4.78 is 0. The average molecular weight is 109 g/mol. The molecule has 0 N–H and O–H groups in total. The van der Waals surface area contributed by atoms with Gasteiger partial charge in [0.1, 0.15) is 7.28 Å². The fourth-order valence-electron chi connectivity index (χ4n) is 1.25. The Kier molecular flexibility index (Phi) is 1.98. The van der Waals surface area contributed by atoms with E-state index in [9.17, 15) is 0 Å². The number of rotatable bonds is 0. The van der Waals surface area contributed by atoms with Crippen LogP contribution in [0.1, 0.15) is 26.7 Å². The second-order valence-corrected chi connectivity index (χ2v) is 3.13. The van der Waals surface area contributed by atoms with Crippen LogP contribution in [-0.2, 0) is 0 Å². The number of hydrogen-bond acceptors (Lipinski definition) is 0. The summed E-state index contributed by atoms with van der Waals surface area (Å²) in [5.74, 6) is 1.86. The van der Waals surface area contributed by atoms with E-state index in [2.05, 4.69) is 21.1 Å². The van der Waals surface area contributed by atoms with Gasteiger partial charge in [0, 0.05) is 0 Å². The topological polar surface area (TPSA) is 0 Å². The molecule has 2 atom stereocenters. The summed E-state index contributed by atoms with van der Waals surface area (Å²) in [6, 6.07) is 0. The van der Waals surface area contributed by atoms with E-state index in [1.54, 1.807) is 0 Å². The van der Waals surface area contributed by atoms with Crippen molar-refractivity contribution in [2.75, 3.05) is 0 Å². The van der Waals surface area contributed by atoms with Crippen LogP contribution in [0.3, 0.4) is 0 Å². The molecule has 1 radical (unpaired) electrons. The Morgan fingerprint density at radius 3 is 2.38 bits per heavy atom. The first-order chi connectivity index (χ1) is 3.79. The third-order valence-electron chi connectivity index (χ3n) is 2.06. The van der Waals surface area contributed by atoms with E-state index in [4.69, 9.17) is 0 Å². The standard InChI is InChI=1S/C7H14B/c1-6-3-4-7(2)8-5-6/h6-7H,3-5H2,1-2H3. The smallest absolute Gasteiger partial charge is 0.0775 e. The molecule has 1 fully saturated rings. The highest BCUT2D eigenvalue weighted by atomic mass is 14.1. The van der Waals surface area contributed by atoms with Gasteiger partial charge >= 0.3 is 0 Å². The minimum atomic E-state index is 0.895. The minimum Gasteiger partial charge on any atom is -0.0775 e. The lowest BCUT2D eigenvalue weighted by Crippen LogP contribution is -2.12. The van der Waals surface area contributed by atoms with Crippen molar-refractivity contribution in [1.29, 1.82) is 0 Å². The van der Waals surface area contributed by atoms with Gasteiger partial charge in [-0.05, 0) is 0 Å². The summed E-state index contributed by atoms with van der Waals surface area (Å²) in [7, 11) is 2.45. The van der Waals surface area contributed by atoms with E-state index < -0.39 is 0 Å². The molecule has 0 aromatic carbocycles. The van der Waals surface area contributed by atoms with E-state index in [1.165, 1.54) is 19.2 Å². The molecular weight excluding hydrogens is 94.9 g/mol. The summed E-state index contributed by atoms with van der Waals surface area (Å²) >= 11 is 0. The van der Waals surface area contributed by atoms with E-state index >= 15 is 0 Å². The highest BCUT2D eigenvalue weighted by molar-refractivity contribution is 6.37. The molecule has 0 aromatic heterocycles. The Bertz CT molecular complexity index is 52.8. The molecule has 1 rings (SSSR count). The molecule has 0 saturated carbocycles. The van der Waals surface area contributed by atoms with Crippen LogP contribution < -0.4 is 0 Å². The molecule has 0 aliphatic carbocycles. The third kappa shape index (κ3) is 1.54. The maximum atomic E-state index is 2.45. The van der Waals surface area contributed by atoms with Gasteiger partial charge in [-0.3, -0.25) is 0 Å². The molecule has 0 spiro atoms. The van der Waals surface area contributed by atoms with Crippen LogP contribution in [0.15, 0.2) is 0 Å². The van der Waals surface area contributed by atoms with Crippen molar-refractivity contribution < 1.29 is 0 Å². The highest BCUT2D eigenvalue weighted by Gasteiger charge is 2.14. The zero-order valence-electron chi connectivity index (χ0n) is 5.85. The molecule has 1 saturated heterocycles. The fourth-order valence-corrected chi connectivity index (χ4v) is 1.25. The van der Waals surface area contributed by atoms with Gasteiger partial charge in [-0.15, -0.1) is 0 Å². The molecule has 45 valence electrons. The molecule has 1 aliphatic heterocycles. The summed E-state index contributed by atoms with van der Waals surface area (Å²) in [6.45, 7) is 4.65. The molecule has 0 amide bonds. The van der Waals surface area contributed by atoms with Gasteiger partial charge in [0.15, 0.2) is 0 Å². The molecule has 8 heavy (non-hydrogen) atoms. The van der Waals surface area contributed by atoms with Crippen LogP contribution >= 0.6 is 0 Å². The normalized spacial score (nSPS) is 38.8. The Morgan fingerprint density at radius 1 is 1.25 bits per heavy atom. The summed E-state index contributed by atoms with van der Waals surface area (Å²) in [5.41, 5.74) is 0. The monoisotopic (exact) mass is 109 g/mol. The molecule has 1 aliphatic rings. The molecule has 2 unspecified atom stereocenters. The third-order valence-corrected chi connectivity index (χ3v) is 2.06. The lowest BCUT2D eigenvalue weighted by atomic mass is 9.54. The van der Waals surface area contributed by atoms with Gasteiger partial charge in [-0.1, -0.05) is 44.7 Å². The quantitative estimate of drug-likeness (QED) is 0.419. The van der Waals surface area contributed by atoms with Crippen LogP contribution in [0.25, 0.3) is 0 Å². The Labute approximate surface area is 52.9 Å². The van der Waals surface area contributed by atoms with Crippen molar-refractivity contribution in [2.24, 2.45) is 5.92 Å². The second kappa shape index (κ2) is 2.57. The lowest BCUT2D eigenvalue weighted by Gasteiger charge is -2.21. The Balaban J connectivity index is 2.19. The van der Waals surface area contributed by atoms with Gasteiger partial charge in [0.05, 0.1) is 0 Å². The van der Waals surface area contributed by atoms with Crippen molar-refractivity contribution in [3.63, 3.8) is 0 Å². The molecule has 1 heterocycles. The number of hydrogen-bond donors (Lipinski definition) is 0. The summed E-state index contributed by atoms with van der Waals surface area (Å²) in [4.78, 5) is 0.